The number of rotatable bonds is 2. The van der Waals surface area contributed by atoms with Gasteiger partial charge in [-0.3, -0.25) is 0 Å². The molecule has 1 aliphatic rings. The highest BCUT2D eigenvalue weighted by Gasteiger charge is 2.21. The van der Waals surface area contributed by atoms with Crippen LogP contribution < -0.4 is 0 Å². The van der Waals surface area contributed by atoms with Crippen molar-refractivity contribution in [3.63, 3.8) is 0 Å². The molecule has 1 N–H and O–H groups in total. The molecule has 1 rings (SSSR count). The highest BCUT2D eigenvalue weighted by atomic mass is 16.3. The van der Waals surface area contributed by atoms with Crippen LogP contribution in [-0.2, 0) is 0 Å². The Morgan fingerprint density at radius 3 is 2.60 bits per heavy atom. The van der Waals surface area contributed by atoms with E-state index in [2.05, 4.69) is 6.92 Å². The monoisotopic (exact) mass is 142 g/mol. The lowest BCUT2D eigenvalue weighted by Crippen LogP contribution is -2.23. The third kappa shape index (κ3) is 1.98. The minimum absolute atomic E-state index is 0.0219. The normalized spacial score (nSPS) is 34.2. The average Bonchev–Trinajstić information content (AvgIpc) is 1.94. The fraction of sp³-hybridized carbons (Fsp3) is 1.00. The lowest BCUT2D eigenvalue weighted by Gasteiger charge is -2.26. The predicted octanol–water partition coefficient (Wildman–Crippen LogP) is 2.34. The number of aliphatic hydroxyl groups excluding tert-OH is 1. The third-order valence-corrected chi connectivity index (χ3v) is 2.53. The highest BCUT2D eigenvalue weighted by molar-refractivity contribution is 4.73. The molecule has 0 aromatic carbocycles. The molecular weight excluding hydrogens is 124 g/mol. The van der Waals surface area contributed by atoms with Crippen molar-refractivity contribution >= 4 is 0 Å². The van der Waals surface area contributed by atoms with Crippen LogP contribution >= 0.6 is 0 Å². The molecule has 1 heteroatoms. The van der Waals surface area contributed by atoms with E-state index in [1.54, 1.807) is 0 Å². The molecule has 10 heavy (non-hydrogen) atoms. The minimum atomic E-state index is 0.0219. The molecule has 0 amide bonds. The van der Waals surface area contributed by atoms with Crippen LogP contribution in [0.1, 0.15) is 45.4 Å². The lowest BCUT2D eigenvalue weighted by molar-refractivity contribution is 0.0650. The summed E-state index contributed by atoms with van der Waals surface area (Å²) in [6.07, 6.45) is 7.35. The van der Waals surface area contributed by atoms with Gasteiger partial charge < -0.3 is 5.11 Å². The molecule has 0 aromatic rings. The molecular formula is C9H18O. The van der Waals surface area contributed by atoms with Crippen molar-refractivity contribution in [3.8, 4) is 0 Å². The van der Waals surface area contributed by atoms with Crippen molar-refractivity contribution in [3.05, 3.63) is 0 Å². The Morgan fingerprint density at radius 2 is 2.00 bits per heavy atom. The van der Waals surface area contributed by atoms with Gasteiger partial charge in [-0.2, -0.15) is 0 Å². The molecule has 0 radical (unpaired) electrons. The van der Waals surface area contributed by atoms with Gasteiger partial charge >= 0.3 is 0 Å². The second kappa shape index (κ2) is 3.97. The van der Waals surface area contributed by atoms with Gasteiger partial charge in [0.05, 0.1) is 6.10 Å². The molecule has 0 spiro atoms. The summed E-state index contributed by atoms with van der Waals surface area (Å²) < 4.78 is 0. The minimum Gasteiger partial charge on any atom is -0.393 e. The van der Waals surface area contributed by atoms with Crippen molar-refractivity contribution < 1.29 is 5.11 Å². The van der Waals surface area contributed by atoms with Gasteiger partial charge in [0.1, 0.15) is 0 Å². The first-order chi connectivity index (χ1) is 4.84. The fourth-order valence-electron chi connectivity index (χ4n) is 1.90. The van der Waals surface area contributed by atoms with E-state index in [0.29, 0.717) is 5.92 Å². The Balaban J connectivity index is 2.25. The fourth-order valence-corrected chi connectivity index (χ4v) is 1.90. The van der Waals surface area contributed by atoms with E-state index in [0.717, 1.165) is 6.42 Å². The van der Waals surface area contributed by atoms with Crippen molar-refractivity contribution in [2.24, 2.45) is 5.92 Å². The molecule has 0 bridgehead atoms. The molecule has 1 aliphatic carbocycles. The summed E-state index contributed by atoms with van der Waals surface area (Å²) in [6, 6.07) is 0. The van der Waals surface area contributed by atoms with E-state index in [-0.39, 0.29) is 6.10 Å². The van der Waals surface area contributed by atoms with Crippen molar-refractivity contribution in [2.45, 2.75) is 51.6 Å². The van der Waals surface area contributed by atoms with Crippen LogP contribution in [0.4, 0.5) is 0 Å². The molecule has 0 aliphatic heterocycles. The van der Waals surface area contributed by atoms with Crippen LogP contribution in [0.3, 0.4) is 0 Å². The Kier molecular flexibility index (Phi) is 3.20. The molecule has 2 atom stereocenters. The zero-order valence-corrected chi connectivity index (χ0v) is 6.84. The van der Waals surface area contributed by atoms with Crippen LogP contribution in [-0.4, -0.2) is 11.2 Å². The summed E-state index contributed by atoms with van der Waals surface area (Å²) in [6.45, 7) is 2.20. The van der Waals surface area contributed by atoms with Gasteiger partial charge in [-0.1, -0.05) is 26.2 Å². The molecule has 60 valence electrons. The van der Waals surface area contributed by atoms with Gasteiger partial charge in [0.25, 0.3) is 0 Å². The van der Waals surface area contributed by atoms with Crippen LogP contribution in [0, 0.1) is 5.92 Å². The Bertz CT molecular complexity index is 88.7. The largest absolute Gasteiger partial charge is 0.393 e. The van der Waals surface area contributed by atoms with Gasteiger partial charge in [0.15, 0.2) is 0 Å². The van der Waals surface area contributed by atoms with Crippen molar-refractivity contribution in [1.29, 1.82) is 0 Å². The van der Waals surface area contributed by atoms with Crippen LogP contribution in [0.25, 0.3) is 0 Å². The number of hydrogen-bond donors (Lipinski definition) is 1. The van der Waals surface area contributed by atoms with Gasteiger partial charge in [-0.25, -0.2) is 0 Å². The predicted molar refractivity (Wildman–Crippen MR) is 42.9 cm³/mol. The molecule has 0 heterocycles. The summed E-state index contributed by atoms with van der Waals surface area (Å²) in [5.41, 5.74) is 0. The van der Waals surface area contributed by atoms with Gasteiger partial charge in [-0.15, -0.1) is 0 Å². The highest BCUT2D eigenvalue weighted by Crippen LogP contribution is 2.27. The van der Waals surface area contributed by atoms with Crippen LogP contribution in [0.15, 0.2) is 0 Å². The zero-order chi connectivity index (χ0) is 7.40. The molecule has 1 nitrogen and oxygen atoms in total. The van der Waals surface area contributed by atoms with E-state index in [1.807, 2.05) is 0 Å². The first-order valence-electron chi connectivity index (χ1n) is 4.52. The summed E-state index contributed by atoms with van der Waals surface area (Å²) in [4.78, 5) is 0. The summed E-state index contributed by atoms with van der Waals surface area (Å²) in [5, 5.41) is 9.50. The van der Waals surface area contributed by atoms with Crippen LogP contribution in [0.5, 0.6) is 0 Å². The molecule has 1 saturated carbocycles. The van der Waals surface area contributed by atoms with E-state index >= 15 is 0 Å². The summed E-state index contributed by atoms with van der Waals surface area (Å²) in [7, 11) is 0. The maximum absolute atomic E-state index is 9.50. The van der Waals surface area contributed by atoms with E-state index in [1.165, 1.54) is 32.1 Å². The second-order valence-corrected chi connectivity index (χ2v) is 3.40. The number of hydrogen-bond acceptors (Lipinski definition) is 1. The molecule has 0 saturated heterocycles. The first-order valence-corrected chi connectivity index (χ1v) is 4.52. The SMILES string of the molecule is CCC[C@@H]1CCCCC1O. The molecule has 0 aromatic heterocycles. The summed E-state index contributed by atoms with van der Waals surface area (Å²) in [5.74, 6) is 0.624. The van der Waals surface area contributed by atoms with Crippen LogP contribution in [0.2, 0.25) is 0 Å². The number of aliphatic hydroxyl groups is 1. The van der Waals surface area contributed by atoms with E-state index < -0.39 is 0 Å². The zero-order valence-electron chi connectivity index (χ0n) is 6.84. The topological polar surface area (TPSA) is 20.2 Å². The average molecular weight is 142 g/mol. The third-order valence-electron chi connectivity index (χ3n) is 2.53. The van der Waals surface area contributed by atoms with Crippen molar-refractivity contribution in [2.75, 3.05) is 0 Å². The quantitative estimate of drug-likeness (QED) is 0.627. The molecule has 1 unspecified atom stereocenters. The maximum atomic E-state index is 9.50. The van der Waals surface area contributed by atoms with E-state index in [9.17, 15) is 5.11 Å². The standard InChI is InChI=1S/C9H18O/c1-2-5-8-6-3-4-7-9(8)10/h8-10H,2-7H2,1H3/t8-,9?/m1/s1. The maximum Gasteiger partial charge on any atom is 0.0568 e. The Morgan fingerprint density at radius 1 is 1.30 bits per heavy atom. The lowest BCUT2D eigenvalue weighted by atomic mass is 9.84. The Hall–Kier alpha value is -0.0400. The van der Waals surface area contributed by atoms with Gasteiger partial charge in [0, 0.05) is 0 Å². The van der Waals surface area contributed by atoms with E-state index in [4.69, 9.17) is 0 Å². The van der Waals surface area contributed by atoms with Gasteiger partial charge in [-0.05, 0) is 25.2 Å². The first kappa shape index (κ1) is 8.06. The smallest absolute Gasteiger partial charge is 0.0568 e. The molecule has 1 fully saturated rings. The second-order valence-electron chi connectivity index (χ2n) is 3.40. The van der Waals surface area contributed by atoms with Gasteiger partial charge in [0.2, 0.25) is 0 Å². The Labute approximate surface area is 63.4 Å². The summed E-state index contributed by atoms with van der Waals surface area (Å²) >= 11 is 0. The van der Waals surface area contributed by atoms with Crippen molar-refractivity contribution in [1.82, 2.24) is 0 Å².